The number of hydrogen-bond acceptors (Lipinski definition) is 4. The van der Waals surface area contributed by atoms with Gasteiger partial charge >= 0.3 is 0 Å². The molecule has 4 aromatic carbocycles. The van der Waals surface area contributed by atoms with Crippen LogP contribution in [0, 0.1) is 12.7 Å². The Balaban J connectivity index is 0.000000208. The van der Waals surface area contributed by atoms with Crippen molar-refractivity contribution in [2.45, 2.75) is 14.4 Å². The van der Waals surface area contributed by atoms with Gasteiger partial charge in [-0.1, -0.05) is 109 Å². The first-order chi connectivity index (χ1) is 22.3. The van der Waals surface area contributed by atoms with E-state index in [1.165, 1.54) is 23.9 Å². The second-order valence-electron chi connectivity index (χ2n) is 10.1. The smallest absolute Gasteiger partial charge is 0.258 e. The van der Waals surface area contributed by atoms with Gasteiger partial charge in [0.05, 0.1) is 11.1 Å². The molecule has 0 aliphatic rings. The Kier molecular flexibility index (Phi) is 11.9. The number of rotatable bonds is 6. The summed E-state index contributed by atoms with van der Waals surface area (Å²) in [6, 6.07) is 35.8. The molecule has 0 aliphatic carbocycles. The summed E-state index contributed by atoms with van der Waals surface area (Å²) in [7, 11) is 0. The van der Waals surface area contributed by atoms with Gasteiger partial charge in [0.2, 0.25) is 0 Å². The molecule has 0 fully saturated rings. The van der Waals surface area contributed by atoms with Crippen molar-refractivity contribution in [2.24, 2.45) is 0 Å². The van der Waals surface area contributed by atoms with E-state index in [0.717, 1.165) is 27.9 Å². The van der Waals surface area contributed by atoms with E-state index in [9.17, 15) is 14.0 Å². The summed E-state index contributed by atoms with van der Waals surface area (Å²) in [5.74, 6) is -0.933. The fraction of sp³-hybridized carbons (Fsp3) is 0.0526. The Morgan fingerprint density at radius 1 is 0.574 bits per heavy atom. The van der Waals surface area contributed by atoms with Crippen molar-refractivity contribution in [1.82, 2.24) is 9.97 Å². The average Bonchev–Trinajstić information content (AvgIpc) is 3.07. The van der Waals surface area contributed by atoms with Crippen LogP contribution in [0.3, 0.4) is 0 Å². The summed E-state index contributed by atoms with van der Waals surface area (Å²) < 4.78 is 13.1. The molecule has 6 aromatic rings. The van der Waals surface area contributed by atoms with Crippen LogP contribution in [0.2, 0.25) is 10.3 Å². The number of aryl methyl sites for hydroxylation is 1. The lowest BCUT2D eigenvalue weighted by Crippen LogP contribution is -2.13. The summed E-state index contributed by atoms with van der Waals surface area (Å²) in [5, 5.41) is 6.08. The number of carbonyl (C=O) groups excluding carboxylic acids is 2. The highest BCUT2D eigenvalue weighted by Gasteiger charge is 2.15. The molecule has 47 heavy (non-hydrogen) atoms. The Labute approximate surface area is 283 Å². The Hall–Kier alpha value is -5.37. The van der Waals surface area contributed by atoms with Crippen molar-refractivity contribution >= 4 is 46.4 Å². The van der Waals surface area contributed by atoms with Crippen LogP contribution in [-0.4, -0.2) is 21.8 Å². The lowest BCUT2D eigenvalue weighted by molar-refractivity contribution is 0.101. The van der Waals surface area contributed by atoms with Gasteiger partial charge in [-0.05, 0) is 66.6 Å². The van der Waals surface area contributed by atoms with Crippen LogP contribution in [-0.2, 0) is 0 Å². The van der Waals surface area contributed by atoms with E-state index in [4.69, 9.17) is 23.2 Å². The molecule has 0 saturated carbocycles. The van der Waals surface area contributed by atoms with Crippen LogP contribution >= 0.6 is 23.2 Å². The predicted molar refractivity (Wildman–Crippen MR) is 190 cm³/mol. The van der Waals surface area contributed by atoms with Gasteiger partial charge in [0.15, 0.2) is 0 Å². The zero-order valence-corrected chi connectivity index (χ0v) is 26.1. The van der Waals surface area contributed by atoms with E-state index in [1.807, 2.05) is 73.7 Å². The van der Waals surface area contributed by atoms with E-state index >= 15 is 0 Å². The lowest BCUT2D eigenvalue weighted by atomic mass is 10.0. The van der Waals surface area contributed by atoms with Crippen molar-refractivity contribution in [3.63, 3.8) is 0 Å². The molecule has 0 atom stereocenters. The minimum absolute atomic E-state index is 0. The summed E-state index contributed by atoms with van der Waals surface area (Å²) in [5.41, 5.74) is 6.80. The number of anilines is 2. The zero-order valence-electron chi connectivity index (χ0n) is 24.5. The molecule has 0 aliphatic heterocycles. The number of nitrogens with zero attached hydrogens (tertiary/aromatic N) is 2. The van der Waals surface area contributed by atoms with Gasteiger partial charge in [0.25, 0.3) is 11.8 Å². The third-order valence-corrected chi connectivity index (χ3v) is 7.48. The topological polar surface area (TPSA) is 84.0 Å². The van der Waals surface area contributed by atoms with Gasteiger partial charge in [-0.3, -0.25) is 9.59 Å². The second kappa shape index (κ2) is 16.3. The maximum atomic E-state index is 13.1. The fourth-order valence-electron chi connectivity index (χ4n) is 4.54. The number of benzene rings is 4. The van der Waals surface area contributed by atoms with Gasteiger partial charge in [-0.25, -0.2) is 14.4 Å². The normalized spacial score (nSPS) is 10.1. The SMILES string of the molecule is C.Cc1ccc(-c2ccccc2NC(=O)c2cccnc2Cl)cc1.O=C(Nc1ccccc1-c1ccc(F)cc1)c1cccnc1Cl. The summed E-state index contributed by atoms with van der Waals surface area (Å²) in [4.78, 5) is 32.6. The number of halogens is 3. The second-order valence-corrected chi connectivity index (χ2v) is 10.8. The molecular weight excluding hydrogens is 634 g/mol. The maximum Gasteiger partial charge on any atom is 0.258 e. The molecule has 0 saturated heterocycles. The zero-order chi connectivity index (χ0) is 32.5. The van der Waals surface area contributed by atoms with Gasteiger partial charge in [0, 0.05) is 34.9 Å². The van der Waals surface area contributed by atoms with Gasteiger partial charge in [-0.15, -0.1) is 0 Å². The molecule has 2 aromatic heterocycles. The first kappa shape index (κ1) is 34.5. The third kappa shape index (κ3) is 8.88. The lowest BCUT2D eigenvalue weighted by Gasteiger charge is -2.12. The average molecular weight is 666 g/mol. The van der Waals surface area contributed by atoms with Crippen molar-refractivity contribution in [3.8, 4) is 22.3 Å². The summed E-state index contributed by atoms with van der Waals surface area (Å²) in [6.45, 7) is 2.04. The predicted octanol–water partition coefficient (Wildman–Crippen LogP) is 10.4. The quantitative estimate of drug-likeness (QED) is 0.174. The van der Waals surface area contributed by atoms with E-state index in [2.05, 4.69) is 20.6 Å². The highest BCUT2D eigenvalue weighted by molar-refractivity contribution is 6.33. The molecule has 0 unspecified atom stereocenters. The number of nitrogens with one attached hydrogen (secondary N) is 2. The molecule has 2 heterocycles. The van der Waals surface area contributed by atoms with E-state index in [-0.39, 0.29) is 35.4 Å². The number of carbonyl (C=O) groups is 2. The summed E-state index contributed by atoms with van der Waals surface area (Å²) in [6.07, 6.45) is 3.07. The minimum Gasteiger partial charge on any atom is -0.321 e. The third-order valence-electron chi connectivity index (χ3n) is 6.88. The molecule has 9 heteroatoms. The highest BCUT2D eigenvalue weighted by atomic mass is 35.5. The highest BCUT2D eigenvalue weighted by Crippen LogP contribution is 2.30. The molecular formula is C38H31Cl2FN4O2. The Morgan fingerprint density at radius 3 is 1.40 bits per heavy atom. The van der Waals surface area contributed by atoms with Crippen LogP contribution in [0.25, 0.3) is 22.3 Å². The molecule has 0 bridgehead atoms. The van der Waals surface area contributed by atoms with E-state index in [0.29, 0.717) is 16.8 Å². The van der Waals surface area contributed by atoms with Crippen LogP contribution in [0.5, 0.6) is 0 Å². The number of aromatic nitrogens is 2. The van der Waals surface area contributed by atoms with Crippen LogP contribution in [0.1, 0.15) is 33.7 Å². The fourth-order valence-corrected chi connectivity index (χ4v) is 4.95. The van der Waals surface area contributed by atoms with Gasteiger partial charge in [-0.2, -0.15) is 0 Å². The largest absolute Gasteiger partial charge is 0.321 e. The molecule has 2 N–H and O–H groups in total. The first-order valence-electron chi connectivity index (χ1n) is 14.1. The first-order valence-corrected chi connectivity index (χ1v) is 14.9. The van der Waals surface area contributed by atoms with Gasteiger partial charge < -0.3 is 10.6 Å². The van der Waals surface area contributed by atoms with E-state index < -0.39 is 0 Å². The number of hydrogen-bond donors (Lipinski definition) is 2. The molecule has 0 radical (unpaired) electrons. The van der Waals surface area contributed by atoms with E-state index in [1.54, 1.807) is 48.7 Å². The number of amides is 2. The van der Waals surface area contributed by atoms with Crippen molar-refractivity contribution < 1.29 is 14.0 Å². The van der Waals surface area contributed by atoms with Crippen molar-refractivity contribution in [1.29, 1.82) is 0 Å². The van der Waals surface area contributed by atoms with Crippen molar-refractivity contribution in [3.05, 3.63) is 167 Å². The van der Waals surface area contributed by atoms with Crippen molar-refractivity contribution in [2.75, 3.05) is 10.6 Å². The number of para-hydroxylation sites is 2. The maximum absolute atomic E-state index is 13.1. The Bertz CT molecular complexity index is 1840. The van der Waals surface area contributed by atoms with Gasteiger partial charge in [0.1, 0.15) is 16.1 Å². The standard InChI is InChI=1S/C19H15ClN2O.C18H12ClFN2O.CH4/c1-13-8-10-14(11-9-13)15-5-2-3-7-17(15)22-19(23)16-6-4-12-21-18(16)20;19-17-15(5-3-11-21-17)18(23)22-16-6-2-1-4-14(16)12-7-9-13(20)10-8-12;/h2-12H,1H3,(H,22,23);1-11H,(H,22,23);1H4. The number of pyridine rings is 2. The monoisotopic (exact) mass is 664 g/mol. The van der Waals surface area contributed by atoms with Crippen LogP contribution in [0.15, 0.2) is 134 Å². The molecule has 6 nitrogen and oxygen atoms in total. The Morgan fingerprint density at radius 2 is 0.979 bits per heavy atom. The van der Waals surface area contributed by atoms with Crippen LogP contribution in [0.4, 0.5) is 15.8 Å². The van der Waals surface area contributed by atoms with Crippen LogP contribution < -0.4 is 10.6 Å². The molecule has 2 amide bonds. The summed E-state index contributed by atoms with van der Waals surface area (Å²) >= 11 is 11.9. The molecule has 0 spiro atoms. The minimum atomic E-state index is -0.349. The molecule has 236 valence electrons. The molecule has 6 rings (SSSR count).